The quantitative estimate of drug-likeness (QED) is 0.299. The normalized spacial score (nSPS) is 11.6. The van der Waals surface area contributed by atoms with E-state index in [1.54, 1.807) is 30.6 Å². The molecule has 0 unspecified atom stereocenters. The molecule has 0 fully saturated rings. The fourth-order valence-corrected chi connectivity index (χ4v) is 2.49. The smallest absolute Gasteiger partial charge is 0.192 e. The molecule has 98 valence electrons. The molecule has 7 heteroatoms. The van der Waals surface area contributed by atoms with Crippen LogP contribution in [0, 0.1) is 6.92 Å². The van der Waals surface area contributed by atoms with Gasteiger partial charge in [-0.05, 0) is 42.4 Å². The largest absolute Gasteiger partial charge is 0.409 e. The lowest BCUT2D eigenvalue weighted by Crippen LogP contribution is -2.14. The first-order valence-electron chi connectivity index (χ1n) is 5.34. The number of aryl methyl sites for hydroxylation is 1. The molecular weight excluding hydrogens is 284 g/mol. The van der Waals surface area contributed by atoms with Gasteiger partial charge in [-0.3, -0.25) is 0 Å². The van der Waals surface area contributed by atoms with Gasteiger partial charge in [0, 0.05) is 27.9 Å². The van der Waals surface area contributed by atoms with Crippen LogP contribution in [0.25, 0.3) is 0 Å². The summed E-state index contributed by atoms with van der Waals surface area (Å²) in [6.45, 7) is 1.91. The van der Waals surface area contributed by atoms with Crippen LogP contribution in [0.4, 0.5) is 0 Å². The van der Waals surface area contributed by atoms with E-state index in [2.05, 4.69) is 15.1 Å². The van der Waals surface area contributed by atoms with E-state index in [1.165, 1.54) is 11.8 Å². The summed E-state index contributed by atoms with van der Waals surface area (Å²) >= 11 is 7.26. The summed E-state index contributed by atoms with van der Waals surface area (Å²) in [5, 5.41) is 12.9. The van der Waals surface area contributed by atoms with Crippen LogP contribution in [0.15, 0.2) is 45.8 Å². The number of aromatic nitrogens is 2. The van der Waals surface area contributed by atoms with Crippen molar-refractivity contribution in [2.45, 2.75) is 17.0 Å². The molecule has 0 saturated heterocycles. The molecular formula is C12H11ClN4OS. The highest BCUT2D eigenvalue weighted by atomic mass is 35.5. The maximum atomic E-state index is 8.77. The molecule has 3 N–H and O–H groups in total. The first kappa shape index (κ1) is 13.6. The Morgan fingerprint density at radius 3 is 2.68 bits per heavy atom. The Kier molecular flexibility index (Phi) is 4.24. The van der Waals surface area contributed by atoms with E-state index in [4.69, 9.17) is 22.5 Å². The number of amidine groups is 1. The Bertz CT molecular complexity index is 616. The first-order chi connectivity index (χ1) is 9.10. The summed E-state index contributed by atoms with van der Waals surface area (Å²) in [5.74, 6) is 0.0197. The molecule has 1 aromatic carbocycles. The van der Waals surface area contributed by atoms with Gasteiger partial charge in [0.2, 0.25) is 0 Å². The van der Waals surface area contributed by atoms with Crippen molar-refractivity contribution in [3.63, 3.8) is 0 Å². The number of halogens is 1. The standard InChI is InChI=1S/C12H11ClN4OS/c1-7-5-15-12(16-6-7)19-10-4-8(13)2-3-9(10)11(14)17-18/h2-6,18H,1H3,(H2,14,17). The van der Waals surface area contributed by atoms with Gasteiger partial charge in [-0.25, -0.2) is 9.97 Å². The molecule has 0 amide bonds. The van der Waals surface area contributed by atoms with Gasteiger partial charge in [-0.2, -0.15) is 0 Å². The van der Waals surface area contributed by atoms with Crippen molar-refractivity contribution in [1.29, 1.82) is 0 Å². The zero-order chi connectivity index (χ0) is 13.8. The lowest BCUT2D eigenvalue weighted by molar-refractivity contribution is 0.318. The SMILES string of the molecule is Cc1cnc(Sc2cc(Cl)ccc2C(N)=NO)nc1. The van der Waals surface area contributed by atoms with Gasteiger partial charge in [0.1, 0.15) is 0 Å². The highest BCUT2D eigenvalue weighted by Crippen LogP contribution is 2.30. The molecule has 0 aliphatic rings. The number of hydrogen-bond acceptors (Lipinski definition) is 5. The minimum absolute atomic E-state index is 0.0197. The van der Waals surface area contributed by atoms with Crippen molar-refractivity contribution < 1.29 is 5.21 Å². The fourth-order valence-electron chi connectivity index (χ4n) is 1.38. The second-order valence-corrected chi connectivity index (χ2v) is 5.22. The van der Waals surface area contributed by atoms with Gasteiger partial charge in [-0.15, -0.1) is 0 Å². The maximum Gasteiger partial charge on any atom is 0.192 e. The van der Waals surface area contributed by atoms with Crippen LogP contribution < -0.4 is 5.73 Å². The predicted octanol–water partition coefficient (Wildman–Crippen LogP) is 2.68. The van der Waals surface area contributed by atoms with Gasteiger partial charge in [0.05, 0.1) is 0 Å². The molecule has 2 aromatic rings. The van der Waals surface area contributed by atoms with Gasteiger partial charge in [0.15, 0.2) is 11.0 Å². The Morgan fingerprint density at radius 2 is 2.05 bits per heavy atom. The number of rotatable bonds is 3. The highest BCUT2D eigenvalue weighted by Gasteiger charge is 2.10. The molecule has 19 heavy (non-hydrogen) atoms. The van der Waals surface area contributed by atoms with Crippen molar-refractivity contribution in [3.8, 4) is 0 Å². The lowest BCUT2D eigenvalue weighted by atomic mass is 10.2. The fraction of sp³-hybridized carbons (Fsp3) is 0.0833. The predicted molar refractivity (Wildman–Crippen MR) is 74.9 cm³/mol. The molecule has 0 radical (unpaired) electrons. The molecule has 0 spiro atoms. The van der Waals surface area contributed by atoms with Crippen LogP contribution in [-0.2, 0) is 0 Å². The summed E-state index contributed by atoms with van der Waals surface area (Å²) in [7, 11) is 0. The van der Waals surface area contributed by atoms with Crippen LogP contribution in [0.1, 0.15) is 11.1 Å². The van der Waals surface area contributed by atoms with Crippen LogP contribution in [0.5, 0.6) is 0 Å². The van der Waals surface area contributed by atoms with Crippen LogP contribution in [-0.4, -0.2) is 21.0 Å². The van der Waals surface area contributed by atoms with Crippen LogP contribution in [0.2, 0.25) is 5.02 Å². The van der Waals surface area contributed by atoms with Crippen LogP contribution in [0.3, 0.4) is 0 Å². The van der Waals surface area contributed by atoms with E-state index in [1.807, 2.05) is 6.92 Å². The Balaban J connectivity index is 2.38. The van der Waals surface area contributed by atoms with E-state index in [0.29, 0.717) is 15.7 Å². The number of nitrogens with two attached hydrogens (primary N) is 1. The molecule has 0 atom stereocenters. The lowest BCUT2D eigenvalue weighted by Gasteiger charge is -2.07. The van der Waals surface area contributed by atoms with Gasteiger partial charge in [0.25, 0.3) is 0 Å². The van der Waals surface area contributed by atoms with Crippen LogP contribution >= 0.6 is 23.4 Å². The molecule has 0 saturated carbocycles. The third kappa shape index (κ3) is 3.36. The van der Waals surface area contributed by atoms with Crippen molar-refractivity contribution in [2.24, 2.45) is 10.9 Å². The summed E-state index contributed by atoms with van der Waals surface area (Å²) < 4.78 is 0. The van der Waals surface area contributed by atoms with E-state index in [0.717, 1.165) is 10.5 Å². The third-order valence-corrected chi connectivity index (χ3v) is 3.47. The van der Waals surface area contributed by atoms with E-state index in [-0.39, 0.29) is 5.84 Å². The molecule has 5 nitrogen and oxygen atoms in total. The first-order valence-corrected chi connectivity index (χ1v) is 6.53. The Labute approximate surface area is 119 Å². The third-order valence-electron chi connectivity index (χ3n) is 2.29. The molecule has 1 heterocycles. The number of benzene rings is 1. The topological polar surface area (TPSA) is 84.4 Å². The minimum atomic E-state index is 0.0197. The molecule has 0 aliphatic carbocycles. The summed E-state index contributed by atoms with van der Waals surface area (Å²) in [4.78, 5) is 9.12. The van der Waals surface area contributed by atoms with Gasteiger partial charge in [-0.1, -0.05) is 16.8 Å². The van der Waals surface area contributed by atoms with Gasteiger partial charge >= 0.3 is 0 Å². The molecule has 1 aromatic heterocycles. The van der Waals surface area contributed by atoms with Crippen molar-refractivity contribution in [1.82, 2.24) is 9.97 Å². The number of nitrogens with zero attached hydrogens (tertiary/aromatic N) is 3. The second-order valence-electron chi connectivity index (χ2n) is 3.77. The Hall–Kier alpha value is -1.79. The highest BCUT2D eigenvalue weighted by molar-refractivity contribution is 7.99. The molecule has 0 aliphatic heterocycles. The summed E-state index contributed by atoms with van der Waals surface area (Å²) in [6.07, 6.45) is 3.45. The van der Waals surface area contributed by atoms with Crippen molar-refractivity contribution in [3.05, 3.63) is 46.7 Å². The zero-order valence-corrected chi connectivity index (χ0v) is 11.6. The van der Waals surface area contributed by atoms with E-state index >= 15 is 0 Å². The van der Waals surface area contributed by atoms with E-state index < -0.39 is 0 Å². The monoisotopic (exact) mass is 294 g/mol. The maximum absolute atomic E-state index is 8.77. The summed E-state index contributed by atoms with van der Waals surface area (Å²) in [6, 6.07) is 5.09. The van der Waals surface area contributed by atoms with Crippen molar-refractivity contribution >= 4 is 29.2 Å². The number of hydrogen-bond donors (Lipinski definition) is 2. The van der Waals surface area contributed by atoms with E-state index in [9.17, 15) is 0 Å². The summed E-state index contributed by atoms with van der Waals surface area (Å²) in [5.41, 5.74) is 7.19. The van der Waals surface area contributed by atoms with Crippen molar-refractivity contribution in [2.75, 3.05) is 0 Å². The molecule has 2 rings (SSSR count). The molecule has 0 bridgehead atoms. The second kappa shape index (κ2) is 5.90. The average molecular weight is 295 g/mol. The average Bonchev–Trinajstić information content (AvgIpc) is 2.41. The van der Waals surface area contributed by atoms with Gasteiger partial charge < -0.3 is 10.9 Å². The Morgan fingerprint density at radius 1 is 1.37 bits per heavy atom. The number of oxime groups is 1. The minimum Gasteiger partial charge on any atom is -0.409 e. The zero-order valence-electron chi connectivity index (χ0n) is 10.0.